The van der Waals surface area contributed by atoms with Gasteiger partial charge in [-0.25, -0.2) is 4.98 Å². The minimum absolute atomic E-state index is 0.00403. The molecule has 2 aliphatic heterocycles. The third-order valence-corrected chi connectivity index (χ3v) is 5.30. The average Bonchev–Trinajstić information content (AvgIpc) is 3.02. The highest BCUT2D eigenvalue weighted by molar-refractivity contribution is 5.81. The maximum absolute atomic E-state index is 12.8. The number of hydrogen-bond acceptors (Lipinski definition) is 4. The van der Waals surface area contributed by atoms with E-state index < -0.39 is 0 Å². The van der Waals surface area contributed by atoms with Gasteiger partial charge in [0.15, 0.2) is 0 Å². The van der Waals surface area contributed by atoms with Crippen molar-refractivity contribution in [3.05, 3.63) is 57.0 Å². The Kier molecular flexibility index (Phi) is 3.82. The minimum Gasteiger partial charge on any atom is -0.336 e. The average molecular weight is 338 g/mol. The second-order valence-electron chi connectivity index (χ2n) is 6.83. The van der Waals surface area contributed by atoms with Crippen LogP contribution in [0.5, 0.6) is 0 Å². The molecule has 3 heterocycles. The Labute approximate surface area is 146 Å². The monoisotopic (exact) mass is 338 g/mol. The Morgan fingerprint density at radius 3 is 2.68 bits per heavy atom. The van der Waals surface area contributed by atoms with Crippen LogP contribution in [0.3, 0.4) is 0 Å². The lowest BCUT2D eigenvalue weighted by Crippen LogP contribution is -2.42. The summed E-state index contributed by atoms with van der Waals surface area (Å²) in [6.07, 6.45) is 0.897. The standard InChI is InChI=1S/C19H22N4O2/c1-13-14(2)20-19-22(9-10-23(19)18(13)25)12-17(24)21-8-7-15-5-3-4-6-16(15)11-21/h3-6H,7-12H2,1-2H3. The fraction of sp³-hybridized carbons (Fsp3) is 0.421. The van der Waals surface area contributed by atoms with E-state index in [4.69, 9.17) is 0 Å². The van der Waals surface area contributed by atoms with E-state index in [0.29, 0.717) is 31.1 Å². The zero-order chi connectivity index (χ0) is 17.6. The number of amides is 1. The van der Waals surface area contributed by atoms with E-state index >= 15 is 0 Å². The normalized spacial score (nSPS) is 15.9. The summed E-state index contributed by atoms with van der Waals surface area (Å²) >= 11 is 0. The molecule has 4 rings (SSSR count). The molecule has 2 aromatic rings. The molecular weight excluding hydrogens is 316 g/mol. The lowest BCUT2D eigenvalue weighted by Gasteiger charge is -2.30. The molecule has 0 spiro atoms. The fourth-order valence-corrected chi connectivity index (χ4v) is 3.63. The van der Waals surface area contributed by atoms with Gasteiger partial charge >= 0.3 is 0 Å². The number of carbonyl (C=O) groups excluding carboxylic acids is 1. The summed E-state index contributed by atoms with van der Waals surface area (Å²) in [5.74, 6) is 0.717. The molecule has 1 amide bonds. The molecule has 0 bridgehead atoms. The zero-order valence-electron chi connectivity index (χ0n) is 14.7. The molecule has 1 aromatic carbocycles. The lowest BCUT2D eigenvalue weighted by atomic mass is 10.00. The highest BCUT2D eigenvalue weighted by Gasteiger charge is 2.28. The molecule has 0 atom stereocenters. The molecular formula is C19H22N4O2. The van der Waals surface area contributed by atoms with Crippen LogP contribution in [0.4, 0.5) is 5.95 Å². The Balaban J connectivity index is 1.52. The smallest absolute Gasteiger partial charge is 0.258 e. The molecule has 1 aromatic heterocycles. The minimum atomic E-state index is 0.00403. The predicted octanol–water partition coefficient (Wildman–Crippen LogP) is 1.27. The van der Waals surface area contributed by atoms with Crippen molar-refractivity contribution in [3.8, 4) is 0 Å². The summed E-state index contributed by atoms with van der Waals surface area (Å²) in [6.45, 7) is 6.58. The van der Waals surface area contributed by atoms with E-state index in [2.05, 4.69) is 17.1 Å². The number of fused-ring (bicyclic) bond motifs is 2. The Morgan fingerprint density at radius 1 is 1.12 bits per heavy atom. The van der Waals surface area contributed by atoms with Gasteiger partial charge in [0, 0.05) is 37.4 Å². The highest BCUT2D eigenvalue weighted by atomic mass is 16.2. The van der Waals surface area contributed by atoms with Crippen molar-refractivity contribution in [1.82, 2.24) is 14.5 Å². The van der Waals surface area contributed by atoms with Gasteiger partial charge in [-0.2, -0.15) is 0 Å². The maximum Gasteiger partial charge on any atom is 0.258 e. The van der Waals surface area contributed by atoms with E-state index in [9.17, 15) is 9.59 Å². The molecule has 130 valence electrons. The molecule has 0 radical (unpaired) electrons. The van der Waals surface area contributed by atoms with Gasteiger partial charge in [-0.1, -0.05) is 24.3 Å². The number of benzene rings is 1. The molecule has 0 unspecified atom stereocenters. The lowest BCUT2D eigenvalue weighted by molar-refractivity contribution is -0.130. The number of carbonyl (C=O) groups is 1. The van der Waals surface area contributed by atoms with E-state index in [1.54, 1.807) is 11.5 Å². The number of aromatic nitrogens is 2. The van der Waals surface area contributed by atoms with Gasteiger partial charge in [-0.15, -0.1) is 0 Å². The quantitative estimate of drug-likeness (QED) is 0.827. The van der Waals surface area contributed by atoms with Crippen LogP contribution in [0.1, 0.15) is 22.4 Å². The van der Waals surface area contributed by atoms with Crippen molar-refractivity contribution >= 4 is 11.9 Å². The number of nitrogens with zero attached hydrogens (tertiary/aromatic N) is 4. The third-order valence-electron chi connectivity index (χ3n) is 5.30. The van der Waals surface area contributed by atoms with Crippen molar-refractivity contribution in [2.45, 2.75) is 33.4 Å². The van der Waals surface area contributed by atoms with Gasteiger partial charge in [0.2, 0.25) is 11.9 Å². The first-order chi connectivity index (χ1) is 12.0. The van der Waals surface area contributed by atoms with Crippen LogP contribution in [0, 0.1) is 13.8 Å². The predicted molar refractivity (Wildman–Crippen MR) is 95.7 cm³/mol. The molecule has 6 nitrogen and oxygen atoms in total. The number of hydrogen-bond donors (Lipinski definition) is 0. The van der Waals surface area contributed by atoms with Crippen molar-refractivity contribution in [2.75, 3.05) is 24.5 Å². The van der Waals surface area contributed by atoms with Crippen LogP contribution in [0.25, 0.3) is 0 Å². The van der Waals surface area contributed by atoms with Crippen molar-refractivity contribution < 1.29 is 4.79 Å². The molecule has 0 saturated heterocycles. The SMILES string of the molecule is Cc1nc2n(c(=O)c1C)CCN2CC(=O)N1CCc2ccccc2C1. The summed E-state index contributed by atoms with van der Waals surface area (Å²) in [7, 11) is 0. The molecule has 0 saturated carbocycles. The van der Waals surface area contributed by atoms with E-state index in [0.717, 1.165) is 18.7 Å². The Bertz CT molecular complexity index is 903. The molecule has 0 aliphatic carbocycles. The number of anilines is 1. The molecule has 25 heavy (non-hydrogen) atoms. The summed E-state index contributed by atoms with van der Waals surface area (Å²) in [5.41, 5.74) is 3.98. The molecule has 0 N–H and O–H groups in total. The van der Waals surface area contributed by atoms with Crippen LogP contribution in [-0.2, 0) is 24.3 Å². The summed E-state index contributed by atoms with van der Waals surface area (Å²) in [6, 6.07) is 8.29. The van der Waals surface area contributed by atoms with Gasteiger partial charge in [0.25, 0.3) is 5.56 Å². The molecule has 2 aliphatic rings. The van der Waals surface area contributed by atoms with Crippen molar-refractivity contribution in [1.29, 1.82) is 0 Å². The van der Waals surface area contributed by atoms with Crippen LogP contribution < -0.4 is 10.5 Å². The van der Waals surface area contributed by atoms with Crippen LogP contribution in [0.2, 0.25) is 0 Å². The number of aryl methyl sites for hydroxylation is 1. The maximum atomic E-state index is 12.8. The first kappa shape index (κ1) is 15.9. The van der Waals surface area contributed by atoms with E-state index in [1.807, 2.05) is 28.9 Å². The largest absolute Gasteiger partial charge is 0.336 e. The summed E-state index contributed by atoms with van der Waals surface area (Å²) < 4.78 is 1.68. The van der Waals surface area contributed by atoms with Crippen LogP contribution in [0.15, 0.2) is 29.1 Å². The Hall–Kier alpha value is -2.63. The topological polar surface area (TPSA) is 58.4 Å². The van der Waals surface area contributed by atoms with Gasteiger partial charge in [-0.3, -0.25) is 14.2 Å². The zero-order valence-corrected chi connectivity index (χ0v) is 14.7. The van der Waals surface area contributed by atoms with E-state index in [-0.39, 0.29) is 18.0 Å². The van der Waals surface area contributed by atoms with Gasteiger partial charge in [-0.05, 0) is 31.4 Å². The van der Waals surface area contributed by atoms with Gasteiger partial charge in [0.05, 0.1) is 6.54 Å². The molecule has 0 fully saturated rings. The summed E-state index contributed by atoms with van der Waals surface area (Å²) in [4.78, 5) is 33.5. The third kappa shape index (κ3) is 2.71. The van der Waals surface area contributed by atoms with Crippen LogP contribution in [-0.4, -0.2) is 40.0 Å². The van der Waals surface area contributed by atoms with E-state index in [1.165, 1.54) is 11.1 Å². The first-order valence-electron chi connectivity index (χ1n) is 8.72. The van der Waals surface area contributed by atoms with Crippen LogP contribution >= 0.6 is 0 Å². The van der Waals surface area contributed by atoms with Crippen molar-refractivity contribution in [3.63, 3.8) is 0 Å². The second-order valence-corrected chi connectivity index (χ2v) is 6.83. The van der Waals surface area contributed by atoms with Gasteiger partial charge in [0.1, 0.15) is 0 Å². The van der Waals surface area contributed by atoms with Gasteiger partial charge < -0.3 is 9.80 Å². The first-order valence-corrected chi connectivity index (χ1v) is 8.72. The highest BCUT2D eigenvalue weighted by Crippen LogP contribution is 2.21. The Morgan fingerprint density at radius 2 is 1.88 bits per heavy atom. The van der Waals surface area contributed by atoms with Crippen molar-refractivity contribution in [2.24, 2.45) is 0 Å². The summed E-state index contributed by atoms with van der Waals surface area (Å²) in [5, 5.41) is 0. The molecule has 6 heteroatoms. The second kappa shape index (κ2) is 6.02. The number of rotatable bonds is 2. The fourth-order valence-electron chi connectivity index (χ4n) is 3.63.